The van der Waals surface area contributed by atoms with Gasteiger partial charge in [-0.3, -0.25) is 9.78 Å². The molecule has 2 heterocycles. The van der Waals surface area contributed by atoms with Crippen molar-refractivity contribution in [2.75, 3.05) is 5.32 Å². The number of para-hydroxylation sites is 1. The molecular weight excluding hydrogens is 384 g/mol. The van der Waals surface area contributed by atoms with Gasteiger partial charge in [0.15, 0.2) is 0 Å². The molecule has 7 heteroatoms. The summed E-state index contributed by atoms with van der Waals surface area (Å²) in [6.07, 6.45) is 3.33. The Bertz CT molecular complexity index is 1100. The fourth-order valence-electron chi connectivity index (χ4n) is 2.76. The topological polar surface area (TPSA) is 80.9 Å². The number of amides is 1. The van der Waals surface area contributed by atoms with Crippen LogP contribution in [-0.4, -0.2) is 26.3 Å². The van der Waals surface area contributed by atoms with Crippen LogP contribution in [0.15, 0.2) is 88.8 Å². The normalized spacial score (nSPS) is 11.8. The molecule has 29 heavy (non-hydrogen) atoms. The maximum Gasteiger partial charge on any atom is 0.277 e. The number of carbonyl (C=O) groups is 1. The monoisotopic (exact) mass is 402 g/mol. The van der Waals surface area contributed by atoms with Crippen LogP contribution in [0.2, 0.25) is 0 Å². The summed E-state index contributed by atoms with van der Waals surface area (Å²) in [5.41, 5.74) is 3.51. The van der Waals surface area contributed by atoms with Gasteiger partial charge in [-0.25, -0.2) is 0 Å². The molecule has 2 aromatic carbocycles. The molecule has 0 radical (unpaired) electrons. The van der Waals surface area contributed by atoms with Crippen molar-refractivity contribution in [2.45, 2.75) is 17.4 Å². The number of pyridine rings is 1. The SMILES string of the molecule is C[C@H](Sc1nnc(-c2cccnc2)o1)C(=O)Nc1ccccc1-c1ccccc1. The van der Waals surface area contributed by atoms with Crippen molar-refractivity contribution in [3.63, 3.8) is 0 Å². The first-order chi connectivity index (χ1) is 14.2. The molecule has 0 bridgehead atoms. The maximum atomic E-state index is 12.7. The lowest BCUT2D eigenvalue weighted by atomic mass is 10.0. The Kier molecular flexibility index (Phi) is 5.67. The smallest absolute Gasteiger partial charge is 0.277 e. The summed E-state index contributed by atoms with van der Waals surface area (Å²) in [6, 6.07) is 21.3. The molecule has 144 valence electrons. The zero-order valence-corrected chi connectivity index (χ0v) is 16.5. The molecule has 4 rings (SSSR count). The number of benzene rings is 2. The van der Waals surface area contributed by atoms with Gasteiger partial charge >= 0.3 is 0 Å². The minimum absolute atomic E-state index is 0.139. The van der Waals surface area contributed by atoms with Crippen LogP contribution < -0.4 is 5.32 Å². The molecule has 0 aliphatic heterocycles. The van der Waals surface area contributed by atoms with Gasteiger partial charge in [0.05, 0.1) is 10.8 Å². The van der Waals surface area contributed by atoms with E-state index in [4.69, 9.17) is 4.42 Å². The van der Waals surface area contributed by atoms with E-state index in [0.29, 0.717) is 11.1 Å². The Morgan fingerprint density at radius 3 is 2.52 bits per heavy atom. The van der Waals surface area contributed by atoms with Gasteiger partial charge in [-0.15, -0.1) is 10.2 Å². The summed E-state index contributed by atoms with van der Waals surface area (Å²) in [5, 5.41) is 11.0. The molecule has 1 amide bonds. The Morgan fingerprint density at radius 1 is 0.966 bits per heavy atom. The third-order valence-corrected chi connectivity index (χ3v) is 5.17. The van der Waals surface area contributed by atoms with Crippen molar-refractivity contribution >= 4 is 23.4 Å². The second-order valence-electron chi connectivity index (χ2n) is 6.28. The minimum Gasteiger partial charge on any atom is -0.411 e. The minimum atomic E-state index is -0.416. The molecule has 0 unspecified atom stereocenters. The lowest BCUT2D eigenvalue weighted by Crippen LogP contribution is -2.22. The first kappa shape index (κ1) is 18.9. The second-order valence-corrected chi connectivity index (χ2v) is 7.57. The summed E-state index contributed by atoms with van der Waals surface area (Å²) >= 11 is 1.22. The lowest BCUT2D eigenvalue weighted by molar-refractivity contribution is -0.115. The van der Waals surface area contributed by atoms with E-state index in [1.54, 1.807) is 25.4 Å². The van der Waals surface area contributed by atoms with Gasteiger partial charge in [0.25, 0.3) is 5.22 Å². The molecule has 4 aromatic rings. The van der Waals surface area contributed by atoms with Crippen molar-refractivity contribution in [2.24, 2.45) is 0 Å². The van der Waals surface area contributed by atoms with Crippen molar-refractivity contribution in [1.82, 2.24) is 15.2 Å². The Morgan fingerprint density at radius 2 is 1.72 bits per heavy atom. The van der Waals surface area contributed by atoms with E-state index in [1.165, 1.54) is 11.8 Å². The highest BCUT2D eigenvalue weighted by Crippen LogP contribution is 2.30. The van der Waals surface area contributed by atoms with E-state index in [-0.39, 0.29) is 5.91 Å². The van der Waals surface area contributed by atoms with Crippen molar-refractivity contribution in [3.8, 4) is 22.6 Å². The standard InChI is InChI=1S/C22H18N4O2S/c1-15(29-22-26-25-21(28-22)17-10-7-13-23-14-17)20(27)24-19-12-6-5-11-18(19)16-8-3-2-4-9-16/h2-15H,1H3,(H,24,27)/t15-/m0/s1. The fourth-order valence-corrected chi connectivity index (χ4v) is 3.45. The van der Waals surface area contributed by atoms with Crippen molar-refractivity contribution in [1.29, 1.82) is 0 Å². The van der Waals surface area contributed by atoms with Gasteiger partial charge in [0.1, 0.15) is 0 Å². The third kappa shape index (κ3) is 4.52. The summed E-state index contributed by atoms with van der Waals surface area (Å²) in [4.78, 5) is 16.8. The summed E-state index contributed by atoms with van der Waals surface area (Å²) in [6.45, 7) is 1.80. The van der Waals surface area contributed by atoms with Crippen LogP contribution in [0.5, 0.6) is 0 Å². The number of rotatable bonds is 6. The molecule has 1 N–H and O–H groups in total. The van der Waals surface area contributed by atoms with E-state index in [2.05, 4.69) is 20.5 Å². The Hall–Kier alpha value is -3.45. The number of aromatic nitrogens is 3. The van der Waals surface area contributed by atoms with E-state index in [9.17, 15) is 4.79 Å². The Labute approximate surface area is 172 Å². The number of nitrogens with zero attached hydrogens (tertiary/aromatic N) is 3. The fraction of sp³-hybridized carbons (Fsp3) is 0.0909. The van der Waals surface area contributed by atoms with E-state index >= 15 is 0 Å². The molecule has 0 aliphatic carbocycles. The zero-order chi connectivity index (χ0) is 20.1. The first-order valence-electron chi connectivity index (χ1n) is 9.06. The molecule has 0 saturated heterocycles. The molecule has 0 aliphatic rings. The van der Waals surface area contributed by atoms with E-state index in [1.807, 2.05) is 60.7 Å². The number of hydrogen-bond acceptors (Lipinski definition) is 6. The summed E-state index contributed by atoms with van der Waals surface area (Å²) < 4.78 is 5.65. The molecule has 0 saturated carbocycles. The van der Waals surface area contributed by atoms with E-state index < -0.39 is 5.25 Å². The summed E-state index contributed by atoms with van der Waals surface area (Å²) in [5.74, 6) is 0.238. The molecule has 1 atom stereocenters. The van der Waals surface area contributed by atoms with Gasteiger partial charge in [0.2, 0.25) is 11.8 Å². The quantitative estimate of drug-likeness (QED) is 0.461. The number of thioether (sulfide) groups is 1. The number of carbonyl (C=O) groups excluding carboxylic acids is 1. The Balaban J connectivity index is 1.46. The highest BCUT2D eigenvalue weighted by molar-refractivity contribution is 8.00. The predicted octanol–water partition coefficient (Wildman–Crippen LogP) is 4.92. The first-order valence-corrected chi connectivity index (χ1v) is 9.94. The number of nitrogens with one attached hydrogen (secondary N) is 1. The summed E-state index contributed by atoms with van der Waals surface area (Å²) in [7, 11) is 0. The highest BCUT2D eigenvalue weighted by atomic mass is 32.2. The largest absolute Gasteiger partial charge is 0.411 e. The highest BCUT2D eigenvalue weighted by Gasteiger charge is 2.20. The molecule has 2 aromatic heterocycles. The van der Waals surface area contributed by atoms with Crippen LogP contribution in [0.25, 0.3) is 22.6 Å². The van der Waals surface area contributed by atoms with Crippen LogP contribution in [0.1, 0.15) is 6.92 Å². The van der Waals surface area contributed by atoms with Crippen LogP contribution >= 0.6 is 11.8 Å². The lowest BCUT2D eigenvalue weighted by Gasteiger charge is -2.14. The van der Waals surface area contributed by atoms with Gasteiger partial charge in [-0.05, 0) is 30.7 Å². The van der Waals surface area contributed by atoms with Crippen LogP contribution in [0, 0.1) is 0 Å². The average Bonchev–Trinajstić information content (AvgIpc) is 3.24. The molecular formula is C22H18N4O2S. The van der Waals surface area contributed by atoms with Crippen molar-refractivity contribution in [3.05, 3.63) is 79.1 Å². The number of anilines is 1. The molecule has 6 nitrogen and oxygen atoms in total. The number of hydrogen-bond donors (Lipinski definition) is 1. The molecule has 0 spiro atoms. The van der Waals surface area contributed by atoms with Crippen molar-refractivity contribution < 1.29 is 9.21 Å². The predicted molar refractivity (Wildman–Crippen MR) is 113 cm³/mol. The third-order valence-electron chi connectivity index (χ3n) is 4.23. The van der Waals surface area contributed by atoms with Gasteiger partial charge < -0.3 is 9.73 Å². The van der Waals surface area contributed by atoms with Gasteiger partial charge in [0, 0.05) is 23.6 Å². The second kappa shape index (κ2) is 8.70. The maximum absolute atomic E-state index is 12.7. The van der Waals surface area contributed by atoms with Crippen LogP contribution in [0.3, 0.4) is 0 Å². The van der Waals surface area contributed by atoms with Crippen LogP contribution in [-0.2, 0) is 4.79 Å². The van der Waals surface area contributed by atoms with Gasteiger partial charge in [-0.1, -0.05) is 60.3 Å². The van der Waals surface area contributed by atoms with Gasteiger partial charge in [-0.2, -0.15) is 0 Å². The van der Waals surface area contributed by atoms with Crippen LogP contribution in [0.4, 0.5) is 5.69 Å². The molecule has 0 fully saturated rings. The van der Waals surface area contributed by atoms with E-state index in [0.717, 1.165) is 22.4 Å². The average molecular weight is 402 g/mol. The zero-order valence-electron chi connectivity index (χ0n) is 15.6.